The van der Waals surface area contributed by atoms with Crippen LogP contribution < -0.4 is 4.74 Å². The Balaban J connectivity index is 2.18. The number of aryl methyl sites for hydroxylation is 2. The summed E-state index contributed by atoms with van der Waals surface area (Å²) in [6, 6.07) is 5.17. The van der Waals surface area contributed by atoms with Crippen LogP contribution in [0.5, 0.6) is 5.75 Å². The predicted molar refractivity (Wildman–Crippen MR) is 81.1 cm³/mol. The smallest absolute Gasteiger partial charge is 0.138 e. The highest BCUT2D eigenvalue weighted by Gasteiger charge is 2.13. The molecule has 0 unspecified atom stereocenters. The van der Waals surface area contributed by atoms with E-state index in [-0.39, 0.29) is 0 Å². The Kier molecular flexibility index (Phi) is 4.76. The predicted octanol–water partition coefficient (Wildman–Crippen LogP) is 4.86. The minimum atomic E-state index is 0.399. The Hall–Kier alpha value is -0.710. The first-order valence-electron chi connectivity index (χ1n) is 5.82. The van der Waals surface area contributed by atoms with Gasteiger partial charge in [0.15, 0.2) is 0 Å². The van der Waals surface area contributed by atoms with Gasteiger partial charge in [-0.1, -0.05) is 23.2 Å². The first-order valence-corrected chi connectivity index (χ1v) is 7.37. The fraction of sp³-hybridized carbons (Fsp3) is 0.308. The molecule has 0 fully saturated rings. The zero-order valence-corrected chi connectivity index (χ0v) is 13.7. The molecule has 0 radical (unpaired) electrons. The van der Waals surface area contributed by atoms with Crippen molar-refractivity contribution in [2.24, 2.45) is 0 Å². The van der Waals surface area contributed by atoms with E-state index < -0.39 is 0 Å². The van der Waals surface area contributed by atoms with E-state index in [0.717, 1.165) is 22.4 Å². The molecule has 6 heteroatoms. The zero-order valence-electron chi connectivity index (χ0n) is 10.6. The molecule has 0 bridgehead atoms. The number of aromatic nitrogens is 2. The van der Waals surface area contributed by atoms with Gasteiger partial charge in [-0.3, -0.25) is 4.68 Å². The summed E-state index contributed by atoms with van der Waals surface area (Å²) < 4.78 is 8.61. The molecule has 2 aromatic rings. The van der Waals surface area contributed by atoms with Crippen LogP contribution >= 0.6 is 39.1 Å². The number of benzene rings is 1. The van der Waals surface area contributed by atoms with Gasteiger partial charge in [0, 0.05) is 11.6 Å². The lowest BCUT2D eigenvalue weighted by Gasteiger charge is -2.10. The molecular formula is C13H13BrCl2N2O. The van der Waals surface area contributed by atoms with Crippen LogP contribution in [0.4, 0.5) is 0 Å². The molecule has 102 valence electrons. The quantitative estimate of drug-likeness (QED) is 0.775. The second-order valence-corrected chi connectivity index (χ2v) is 5.66. The van der Waals surface area contributed by atoms with Gasteiger partial charge in [-0.2, -0.15) is 5.10 Å². The summed E-state index contributed by atoms with van der Waals surface area (Å²) in [6.07, 6.45) is 0. The van der Waals surface area contributed by atoms with Gasteiger partial charge >= 0.3 is 0 Å². The molecule has 3 nitrogen and oxygen atoms in total. The number of hydrogen-bond donors (Lipinski definition) is 0. The summed E-state index contributed by atoms with van der Waals surface area (Å²) in [6.45, 7) is 5.18. The van der Waals surface area contributed by atoms with E-state index in [0.29, 0.717) is 22.4 Å². The number of ether oxygens (including phenoxy) is 1. The van der Waals surface area contributed by atoms with E-state index in [1.165, 1.54) is 0 Å². The van der Waals surface area contributed by atoms with E-state index in [9.17, 15) is 0 Å². The lowest BCUT2D eigenvalue weighted by molar-refractivity contribution is 0.292. The van der Waals surface area contributed by atoms with Crippen LogP contribution in [0.2, 0.25) is 10.0 Å². The van der Waals surface area contributed by atoms with Crippen molar-refractivity contribution in [1.29, 1.82) is 0 Å². The lowest BCUT2D eigenvalue weighted by atomic mass is 10.3. The molecule has 0 aliphatic heterocycles. The maximum absolute atomic E-state index is 6.07. The number of nitrogens with zero attached hydrogens (tertiary/aromatic N) is 2. The molecule has 0 spiro atoms. The third kappa shape index (κ3) is 3.25. The highest BCUT2D eigenvalue weighted by atomic mass is 79.9. The number of hydrogen-bond acceptors (Lipinski definition) is 2. The van der Waals surface area contributed by atoms with Crippen LogP contribution in [0.3, 0.4) is 0 Å². The Morgan fingerprint density at radius 2 is 2.11 bits per heavy atom. The minimum absolute atomic E-state index is 0.399. The van der Waals surface area contributed by atoms with Crippen LogP contribution in [0.25, 0.3) is 0 Å². The minimum Gasteiger partial charge on any atom is -0.486 e. The van der Waals surface area contributed by atoms with Crippen molar-refractivity contribution in [3.63, 3.8) is 0 Å². The molecule has 0 atom stereocenters. The largest absolute Gasteiger partial charge is 0.486 e. The van der Waals surface area contributed by atoms with Crippen molar-refractivity contribution in [3.05, 3.63) is 44.1 Å². The Morgan fingerprint density at radius 1 is 1.37 bits per heavy atom. The van der Waals surface area contributed by atoms with Crippen molar-refractivity contribution in [2.75, 3.05) is 0 Å². The zero-order chi connectivity index (χ0) is 14.0. The van der Waals surface area contributed by atoms with E-state index in [1.807, 2.05) is 18.5 Å². The van der Waals surface area contributed by atoms with Gasteiger partial charge in [0.2, 0.25) is 0 Å². The second-order valence-electron chi connectivity index (χ2n) is 4.03. The van der Waals surface area contributed by atoms with Crippen LogP contribution in [-0.2, 0) is 13.2 Å². The molecule has 0 amide bonds. The maximum atomic E-state index is 6.07. The molecule has 0 saturated heterocycles. The summed E-state index contributed by atoms with van der Waals surface area (Å²) >= 11 is 15.4. The van der Waals surface area contributed by atoms with Crippen LogP contribution in [-0.4, -0.2) is 9.78 Å². The molecule has 0 N–H and O–H groups in total. The molecule has 1 aromatic carbocycles. The highest BCUT2D eigenvalue weighted by molar-refractivity contribution is 9.10. The Morgan fingerprint density at radius 3 is 2.74 bits per heavy atom. The molecule has 1 heterocycles. The van der Waals surface area contributed by atoms with Crippen molar-refractivity contribution in [1.82, 2.24) is 9.78 Å². The van der Waals surface area contributed by atoms with Crippen LogP contribution in [0, 0.1) is 6.92 Å². The fourth-order valence-electron chi connectivity index (χ4n) is 1.75. The molecule has 2 rings (SSSR count). The monoisotopic (exact) mass is 362 g/mol. The van der Waals surface area contributed by atoms with Crippen LogP contribution in [0.1, 0.15) is 18.3 Å². The summed E-state index contributed by atoms with van der Waals surface area (Å²) in [5.41, 5.74) is 1.94. The van der Waals surface area contributed by atoms with Gasteiger partial charge in [-0.05, 0) is 48.0 Å². The number of halogens is 3. The van der Waals surface area contributed by atoms with E-state index in [2.05, 4.69) is 21.0 Å². The van der Waals surface area contributed by atoms with Gasteiger partial charge in [-0.25, -0.2) is 0 Å². The van der Waals surface area contributed by atoms with Gasteiger partial charge in [-0.15, -0.1) is 0 Å². The van der Waals surface area contributed by atoms with Gasteiger partial charge in [0.25, 0.3) is 0 Å². The Labute approximate surface area is 130 Å². The molecular weight excluding hydrogens is 351 g/mol. The molecule has 0 aliphatic rings. The van der Waals surface area contributed by atoms with Gasteiger partial charge < -0.3 is 4.74 Å². The van der Waals surface area contributed by atoms with Crippen molar-refractivity contribution < 1.29 is 4.74 Å². The average Bonchev–Trinajstić information content (AvgIpc) is 2.65. The SMILES string of the molecule is CCn1nc(C)c(Br)c1COc1ccc(Cl)cc1Cl. The maximum Gasteiger partial charge on any atom is 0.138 e. The molecule has 1 aromatic heterocycles. The summed E-state index contributed by atoms with van der Waals surface area (Å²) in [7, 11) is 0. The second kappa shape index (κ2) is 6.16. The lowest BCUT2D eigenvalue weighted by Crippen LogP contribution is -2.06. The first kappa shape index (κ1) is 14.7. The summed E-state index contributed by atoms with van der Waals surface area (Å²) in [4.78, 5) is 0. The third-order valence-corrected chi connectivity index (χ3v) is 4.27. The van der Waals surface area contributed by atoms with Crippen molar-refractivity contribution in [2.45, 2.75) is 27.0 Å². The van der Waals surface area contributed by atoms with Crippen molar-refractivity contribution >= 4 is 39.1 Å². The van der Waals surface area contributed by atoms with Gasteiger partial charge in [0.1, 0.15) is 12.4 Å². The fourth-order valence-corrected chi connectivity index (χ4v) is 2.61. The van der Waals surface area contributed by atoms with E-state index in [1.54, 1.807) is 18.2 Å². The standard InChI is InChI=1S/C13H13BrCl2N2O/c1-3-18-11(13(14)8(2)17-18)7-19-12-5-4-9(15)6-10(12)16/h4-6H,3,7H2,1-2H3. The van der Waals surface area contributed by atoms with E-state index in [4.69, 9.17) is 27.9 Å². The normalized spacial score (nSPS) is 10.8. The van der Waals surface area contributed by atoms with E-state index >= 15 is 0 Å². The van der Waals surface area contributed by atoms with Gasteiger partial charge in [0.05, 0.1) is 20.9 Å². The topological polar surface area (TPSA) is 27.1 Å². The molecule has 0 saturated carbocycles. The highest BCUT2D eigenvalue weighted by Crippen LogP contribution is 2.29. The summed E-state index contributed by atoms with van der Waals surface area (Å²) in [5.74, 6) is 0.611. The summed E-state index contributed by atoms with van der Waals surface area (Å²) in [5, 5.41) is 5.51. The molecule has 19 heavy (non-hydrogen) atoms. The third-order valence-electron chi connectivity index (χ3n) is 2.71. The first-order chi connectivity index (χ1) is 9.02. The molecule has 0 aliphatic carbocycles. The van der Waals surface area contributed by atoms with Crippen LogP contribution in [0.15, 0.2) is 22.7 Å². The number of rotatable bonds is 4. The van der Waals surface area contributed by atoms with Crippen molar-refractivity contribution in [3.8, 4) is 5.75 Å². The average molecular weight is 364 g/mol. The Bertz CT molecular complexity index is 599.